The van der Waals surface area contributed by atoms with Crippen LogP contribution in [0.2, 0.25) is 0 Å². The minimum Gasteiger partial charge on any atom is -0.497 e. The molecule has 0 heterocycles. The van der Waals surface area contributed by atoms with Gasteiger partial charge in [0.2, 0.25) is 0 Å². The molecule has 0 atom stereocenters. The van der Waals surface area contributed by atoms with Crippen LogP contribution in [0, 0.1) is 0 Å². The van der Waals surface area contributed by atoms with E-state index in [0.717, 1.165) is 11.1 Å². The molecule has 2 aromatic carbocycles. The van der Waals surface area contributed by atoms with Crippen molar-refractivity contribution >= 4 is 6.09 Å². The van der Waals surface area contributed by atoms with Crippen LogP contribution in [0.4, 0.5) is 4.79 Å². The second kappa shape index (κ2) is 9.54. The number of aliphatic hydroxyl groups excluding tert-OH is 1. The third-order valence-electron chi connectivity index (χ3n) is 3.68. The van der Waals surface area contributed by atoms with Gasteiger partial charge in [-0.05, 0) is 23.8 Å². The van der Waals surface area contributed by atoms with Gasteiger partial charge < -0.3 is 24.2 Å². The fourth-order valence-electron chi connectivity index (χ4n) is 2.38. The summed E-state index contributed by atoms with van der Waals surface area (Å²) in [6.45, 7) is 0.423. The number of nitrogens with zero attached hydrogens (tertiary/aromatic N) is 1. The molecule has 0 aliphatic carbocycles. The average molecular weight is 345 g/mol. The van der Waals surface area contributed by atoms with E-state index >= 15 is 0 Å². The quantitative estimate of drug-likeness (QED) is 0.797. The predicted molar refractivity (Wildman–Crippen MR) is 93.7 cm³/mol. The monoisotopic (exact) mass is 345 g/mol. The Morgan fingerprint density at radius 2 is 1.84 bits per heavy atom. The van der Waals surface area contributed by atoms with Gasteiger partial charge in [-0.25, -0.2) is 4.79 Å². The van der Waals surface area contributed by atoms with Crippen molar-refractivity contribution in [1.82, 2.24) is 4.90 Å². The third kappa shape index (κ3) is 5.39. The minimum absolute atomic E-state index is 0.160. The molecule has 0 fully saturated rings. The Hall–Kier alpha value is -2.73. The van der Waals surface area contributed by atoms with E-state index in [4.69, 9.17) is 14.2 Å². The Morgan fingerprint density at radius 3 is 2.48 bits per heavy atom. The predicted octanol–water partition coefficient (Wildman–Crippen LogP) is 2.83. The molecule has 6 nitrogen and oxygen atoms in total. The Morgan fingerprint density at radius 1 is 1.08 bits per heavy atom. The van der Waals surface area contributed by atoms with Gasteiger partial charge in [-0.2, -0.15) is 0 Å². The molecule has 0 unspecified atom stereocenters. The normalized spacial score (nSPS) is 10.2. The van der Waals surface area contributed by atoms with E-state index in [9.17, 15) is 9.90 Å². The smallest absolute Gasteiger partial charge is 0.410 e. The van der Waals surface area contributed by atoms with Crippen molar-refractivity contribution in [3.05, 3.63) is 59.7 Å². The molecule has 1 N–H and O–H groups in total. The summed E-state index contributed by atoms with van der Waals surface area (Å²) in [4.78, 5) is 13.8. The van der Waals surface area contributed by atoms with Gasteiger partial charge in [-0.3, -0.25) is 0 Å². The molecule has 0 spiro atoms. The summed E-state index contributed by atoms with van der Waals surface area (Å²) in [7, 11) is 3.14. The van der Waals surface area contributed by atoms with Crippen molar-refractivity contribution in [2.45, 2.75) is 13.2 Å². The molecule has 134 valence electrons. The third-order valence-corrected chi connectivity index (χ3v) is 3.68. The summed E-state index contributed by atoms with van der Waals surface area (Å²) >= 11 is 0. The number of methoxy groups -OCH3 is 2. The first kappa shape index (κ1) is 18.6. The van der Waals surface area contributed by atoms with E-state index in [1.807, 2.05) is 30.3 Å². The average Bonchev–Trinajstić information content (AvgIpc) is 2.66. The van der Waals surface area contributed by atoms with E-state index in [0.29, 0.717) is 11.5 Å². The van der Waals surface area contributed by atoms with Crippen LogP contribution in [0.5, 0.6) is 11.5 Å². The summed E-state index contributed by atoms with van der Waals surface area (Å²) in [5.74, 6) is 1.30. The number of hydrogen-bond acceptors (Lipinski definition) is 5. The first-order chi connectivity index (χ1) is 12.2. The first-order valence-corrected chi connectivity index (χ1v) is 7.95. The number of ether oxygens (including phenoxy) is 3. The minimum atomic E-state index is -0.497. The molecule has 0 saturated heterocycles. The second-order valence-electron chi connectivity index (χ2n) is 5.36. The summed E-state index contributed by atoms with van der Waals surface area (Å²) < 4.78 is 15.9. The van der Waals surface area contributed by atoms with Gasteiger partial charge >= 0.3 is 6.09 Å². The van der Waals surface area contributed by atoms with E-state index in [-0.39, 0.29) is 26.3 Å². The van der Waals surface area contributed by atoms with Crippen molar-refractivity contribution in [2.24, 2.45) is 0 Å². The lowest BCUT2D eigenvalue weighted by atomic mass is 10.1. The summed E-state index contributed by atoms with van der Waals surface area (Å²) in [6, 6.07) is 14.8. The van der Waals surface area contributed by atoms with E-state index < -0.39 is 6.09 Å². The van der Waals surface area contributed by atoms with Crippen LogP contribution in [0.1, 0.15) is 11.1 Å². The van der Waals surface area contributed by atoms with Crippen LogP contribution in [-0.2, 0) is 17.9 Å². The van der Waals surface area contributed by atoms with Crippen LogP contribution in [-0.4, -0.2) is 43.5 Å². The van der Waals surface area contributed by atoms with Crippen molar-refractivity contribution < 1.29 is 24.1 Å². The molecule has 25 heavy (non-hydrogen) atoms. The number of carbonyl (C=O) groups is 1. The van der Waals surface area contributed by atoms with E-state index in [1.54, 1.807) is 32.4 Å². The highest BCUT2D eigenvalue weighted by atomic mass is 16.6. The number of amides is 1. The zero-order valence-corrected chi connectivity index (χ0v) is 14.5. The molecule has 2 rings (SSSR count). The van der Waals surface area contributed by atoms with Crippen molar-refractivity contribution in [3.63, 3.8) is 0 Å². The number of benzene rings is 2. The summed E-state index contributed by atoms with van der Waals surface area (Å²) in [5, 5.41) is 9.27. The zero-order valence-electron chi connectivity index (χ0n) is 14.5. The standard InChI is InChI=1S/C19H23NO5/c1-23-17-8-9-18(24-2)16(12-17)13-20(10-11-21)19(22)25-14-15-6-4-3-5-7-15/h3-9,12,21H,10-11,13-14H2,1-2H3. The van der Waals surface area contributed by atoms with Crippen LogP contribution in [0.25, 0.3) is 0 Å². The lowest BCUT2D eigenvalue weighted by Gasteiger charge is -2.22. The van der Waals surface area contributed by atoms with Crippen molar-refractivity contribution in [1.29, 1.82) is 0 Å². The lowest BCUT2D eigenvalue weighted by Crippen LogP contribution is -2.33. The maximum Gasteiger partial charge on any atom is 0.410 e. The molecule has 0 aromatic heterocycles. The number of carbonyl (C=O) groups excluding carboxylic acids is 1. The Balaban J connectivity index is 2.08. The van der Waals surface area contributed by atoms with Gasteiger partial charge in [0.25, 0.3) is 0 Å². The molecule has 0 aliphatic heterocycles. The maximum atomic E-state index is 12.4. The van der Waals surface area contributed by atoms with E-state index in [2.05, 4.69) is 0 Å². The van der Waals surface area contributed by atoms with E-state index in [1.165, 1.54) is 4.90 Å². The number of rotatable bonds is 8. The Labute approximate surface area is 147 Å². The Bertz CT molecular complexity index is 675. The van der Waals surface area contributed by atoms with Gasteiger partial charge in [0.15, 0.2) is 0 Å². The molecule has 0 aliphatic rings. The van der Waals surface area contributed by atoms with Crippen LogP contribution in [0.15, 0.2) is 48.5 Å². The number of hydrogen-bond donors (Lipinski definition) is 1. The molecule has 0 saturated carbocycles. The summed E-state index contributed by atoms with van der Waals surface area (Å²) in [5.41, 5.74) is 1.67. The molecule has 2 aromatic rings. The van der Waals surface area contributed by atoms with Crippen LogP contribution < -0.4 is 9.47 Å². The van der Waals surface area contributed by atoms with Gasteiger partial charge in [0, 0.05) is 12.1 Å². The van der Waals surface area contributed by atoms with Gasteiger partial charge in [0.05, 0.1) is 27.4 Å². The zero-order chi connectivity index (χ0) is 18.1. The van der Waals surface area contributed by atoms with Crippen molar-refractivity contribution in [2.75, 3.05) is 27.4 Å². The molecule has 0 radical (unpaired) electrons. The molecule has 0 bridgehead atoms. The second-order valence-corrected chi connectivity index (χ2v) is 5.36. The van der Waals surface area contributed by atoms with Crippen LogP contribution in [0.3, 0.4) is 0 Å². The topological polar surface area (TPSA) is 68.2 Å². The highest BCUT2D eigenvalue weighted by Crippen LogP contribution is 2.25. The highest BCUT2D eigenvalue weighted by Gasteiger charge is 2.18. The summed E-state index contributed by atoms with van der Waals surface area (Å²) in [6.07, 6.45) is -0.497. The molecular formula is C19H23NO5. The molecule has 6 heteroatoms. The fourth-order valence-corrected chi connectivity index (χ4v) is 2.38. The Kier molecular flexibility index (Phi) is 7.10. The maximum absolute atomic E-state index is 12.4. The molecule has 1 amide bonds. The van der Waals surface area contributed by atoms with Gasteiger partial charge in [-0.1, -0.05) is 30.3 Å². The van der Waals surface area contributed by atoms with Crippen LogP contribution >= 0.6 is 0 Å². The van der Waals surface area contributed by atoms with Gasteiger partial charge in [0.1, 0.15) is 18.1 Å². The SMILES string of the molecule is COc1ccc(OC)c(CN(CCO)C(=O)OCc2ccccc2)c1. The number of aliphatic hydroxyl groups is 1. The fraction of sp³-hybridized carbons (Fsp3) is 0.316. The van der Waals surface area contributed by atoms with Crippen molar-refractivity contribution in [3.8, 4) is 11.5 Å². The van der Waals surface area contributed by atoms with Gasteiger partial charge in [-0.15, -0.1) is 0 Å². The highest BCUT2D eigenvalue weighted by molar-refractivity contribution is 5.68. The molecular weight excluding hydrogens is 322 g/mol. The largest absolute Gasteiger partial charge is 0.497 e. The lowest BCUT2D eigenvalue weighted by molar-refractivity contribution is 0.0856. The first-order valence-electron chi connectivity index (χ1n) is 7.95.